The molecule has 6 rings (SSSR count). The highest BCUT2D eigenvalue weighted by molar-refractivity contribution is 8.00. The van der Waals surface area contributed by atoms with E-state index in [0.29, 0.717) is 38.1 Å². The zero-order chi connectivity index (χ0) is 37.3. The number of rotatable bonds is 12. The summed E-state index contributed by atoms with van der Waals surface area (Å²) in [5, 5.41) is 21.5. The van der Waals surface area contributed by atoms with Crippen LogP contribution in [0.4, 0.5) is 16.5 Å². The van der Waals surface area contributed by atoms with Gasteiger partial charge in [-0.25, -0.2) is 4.98 Å². The quantitative estimate of drug-likeness (QED) is 0.0486. The van der Waals surface area contributed by atoms with Gasteiger partial charge in [0.2, 0.25) is 5.91 Å². The van der Waals surface area contributed by atoms with Crippen molar-refractivity contribution < 1.29 is 19.3 Å². The number of nitro benzene ring substituents is 1. The molecule has 5 aromatic carbocycles. The fourth-order valence-electron chi connectivity index (χ4n) is 5.03. The lowest BCUT2D eigenvalue weighted by Gasteiger charge is -2.17. The van der Waals surface area contributed by atoms with E-state index in [9.17, 15) is 24.5 Å². The molecule has 0 spiro atoms. The zero-order valence-corrected chi connectivity index (χ0v) is 30.5. The van der Waals surface area contributed by atoms with E-state index in [1.807, 2.05) is 36.4 Å². The van der Waals surface area contributed by atoms with Crippen molar-refractivity contribution in [2.75, 3.05) is 10.6 Å². The second-order valence-corrected chi connectivity index (χ2v) is 14.1. The predicted octanol–water partition coefficient (Wildman–Crippen LogP) is 9.91. The maximum atomic E-state index is 13.8. The molecule has 0 aliphatic rings. The van der Waals surface area contributed by atoms with Crippen molar-refractivity contribution in [1.29, 1.82) is 0 Å². The minimum atomic E-state index is -0.724. The summed E-state index contributed by atoms with van der Waals surface area (Å²) in [6.45, 7) is 0. The van der Waals surface area contributed by atoms with E-state index in [0.717, 1.165) is 5.56 Å². The number of nitrogens with zero attached hydrogens (tertiary/aromatic N) is 2. The molecule has 14 heteroatoms. The molecule has 53 heavy (non-hydrogen) atoms. The topological polar surface area (TPSA) is 143 Å². The second-order valence-electron chi connectivity index (χ2n) is 11.2. The smallest absolute Gasteiger partial charge is 0.272 e. The Morgan fingerprint density at radius 2 is 1.55 bits per heavy atom. The molecule has 10 nitrogen and oxygen atoms in total. The number of benzene rings is 5. The molecular formula is C39H27Cl2N5O5S2. The lowest BCUT2D eigenvalue weighted by atomic mass is 10.1. The Balaban J connectivity index is 1.22. The Morgan fingerprint density at radius 1 is 0.830 bits per heavy atom. The molecule has 6 aromatic rings. The molecule has 3 N–H and O–H groups in total. The molecule has 1 aromatic heterocycles. The van der Waals surface area contributed by atoms with Gasteiger partial charge in [-0.05, 0) is 53.6 Å². The van der Waals surface area contributed by atoms with Crippen molar-refractivity contribution in [1.82, 2.24) is 10.3 Å². The number of nitro groups is 1. The van der Waals surface area contributed by atoms with Gasteiger partial charge < -0.3 is 16.0 Å². The molecule has 264 valence electrons. The normalized spacial score (nSPS) is 11.7. The van der Waals surface area contributed by atoms with Crippen molar-refractivity contribution in [2.45, 2.75) is 10.1 Å². The lowest BCUT2D eigenvalue weighted by molar-refractivity contribution is -0.384. The Hall–Kier alpha value is -5.79. The predicted molar refractivity (Wildman–Crippen MR) is 211 cm³/mol. The van der Waals surface area contributed by atoms with Gasteiger partial charge in [-0.1, -0.05) is 102 Å². The molecular weight excluding hydrogens is 753 g/mol. The van der Waals surface area contributed by atoms with Gasteiger partial charge in [0, 0.05) is 39.2 Å². The summed E-state index contributed by atoms with van der Waals surface area (Å²) in [4.78, 5) is 56.6. The number of thioether (sulfide) groups is 1. The number of aromatic nitrogens is 1. The van der Waals surface area contributed by atoms with E-state index < -0.39 is 22.0 Å². The second kappa shape index (κ2) is 17.2. The van der Waals surface area contributed by atoms with Crippen molar-refractivity contribution in [2.24, 2.45) is 0 Å². The summed E-state index contributed by atoms with van der Waals surface area (Å²) in [5.41, 5.74) is 2.83. The number of halogens is 2. The summed E-state index contributed by atoms with van der Waals surface area (Å²) in [7, 11) is 0. The molecule has 1 atom stereocenters. The van der Waals surface area contributed by atoms with E-state index >= 15 is 0 Å². The van der Waals surface area contributed by atoms with Gasteiger partial charge in [0.15, 0.2) is 5.13 Å². The van der Waals surface area contributed by atoms with Crippen LogP contribution in [-0.2, 0) is 9.59 Å². The van der Waals surface area contributed by atoms with Crippen LogP contribution in [0.3, 0.4) is 0 Å². The molecule has 0 saturated carbocycles. The van der Waals surface area contributed by atoms with Gasteiger partial charge in [-0.3, -0.25) is 24.5 Å². The van der Waals surface area contributed by atoms with Crippen molar-refractivity contribution in [3.8, 4) is 11.3 Å². The third-order valence-corrected chi connectivity index (χ3v) is 10.4. The maximum absolute atomic E-state index is 13.8. The van der Waals surface area contributed by atoms with Crippen LogP contribution in [0.1, 0.15) is 26.7 Å². The highest BCUT2D eigenvalue weighted by atomic mass is 35.5. The van der Waals surface area contributed by atoms with E-state index in [1.54, 1.807) is 84.2 Å². The summed E-state index contributed by atoms with van der Waals surface area (Å²) in [6.07, 6.45) is 1.45. The van der Waals surface area contributed by atoms with E-state index in [4.69, 9.17) is 23.2 Å². The van der Waals surface area contributed by atoms with E-state index in [1.165, 1.54) is 41.3 Å². The molecule has 0 aliphatic heterocycles. The summed E-state index contributed by atoms with van der Waals surface area (Å²) in [5.74, 6) is -1.46. The molecule has 3 amide bonds. The molecule has 1 heterocycles. The highest BCUT2D eigenvalue weighted by Crippen LogP contribution is 2.38. The number of anilines is 2. The van der Waals surface area contributed by atoms with Crippen LogP contribution in [0.5, 0.6) is 0 Å². The van der Waals surface area contributed by atoms with Crippen LogP contribution in [0.2, 0.25) is 10.0 Å². The van der Waals surface area contributed by atoms with Crippen LogP contribution < -0.4 is 16.0 Å². The average Bonchev–Trinajstić information content (AvgIpc) is 3.64. The molecule has 0 fully saturated rings. The lowest BCUT2D eigenvalue weighted by Crippen LogP contribution is -2.30. The Kier molecular flexibility index (Phi) is 12.0. The van der Waals surface area contributed by atoms with Crippen LogP contribution >= 0.6 is 46.3 Å². The number of amides is 3. The fourth-order valence-corrected chi connectivity index (χ4v) is 7.19. The number of carbonyl (C=O) groups is 3. The molecule has 0 aliphatic carbocycles. The van der Waals surface area contributed by atoms with Gasteiger partial charge in [-0.15, -0.1) is 23.1 Å². The average molecular weight is 781 g/mol. The first-order valence-corrected chi connectivity index (χ1v) is 18.3. The Morgan fingerprint density at radius 3 is 2.30 bits per heavy atom. The van der Waals surface area contributed by atoms with Crippen LogP contribution in [0.15, 0.2) is 143 Å². The maximum Gasteiger partial charge on any atom is 0.272 e. The van der Waals surface area contributed by atoms with E-state index in [-0.39, 0.29) is 27.3 Å². The number of carbonyl (C=O) groups excluding carboxylic acids is 3. The third kappa shape index (κ3) is 9.56. The third-order valence-electron chi connectivity index (χ3n) is 7.58. The summed E-state index contributed by atoms with van der Waals surface area (Å²) in [6, 6.07) is 35.7. The number of hydrogen-bond acceptors (Lipinski definition) is 8. The van der Waals surface area contributed by atoms with Gasteiger partial charge in [-0.2, -0.15) is 0 Å². The molecule has 0 bridgehead atoms. The monoisotopic (exact) mass is 779 g/mol. The number of hydrogen-bond donors (Lipinski definition) is 3. The number of thiazole rings is 1. The molecule has 0 radical (unpaired) electrons. The van der Waals surface area contributed by atoms with Gasteiger partial charge in [0.25, 0.3) is 17.5 Å². The molecule has 0 saturated heterocycles. The summed E-state index contributed by atoms with van der Waals surface area (Å²) < 4.78 is 0. The first-order chi connectivity index (χ1) is 25.6. The SMILES string of the molecule is O=C(Nc1cccc(SC(C(=O)Nc2nc(-c3cccc([N+](=O)[O-])c3)cs2)c2ccccc2)c1)/C(=C\c1cccc(Cl)c1Cl)NC(=O)c1ccccc1. The van der Waals surface area contributed by atoms with Crippen molar-refractivity contribution in [3.63, 3.8) is 0 Å². The van der Waals surface area contributed by atoms with Gasteiger partial charge >= 0.3 is 0 Å². The highest BCUT2D eigenvalue weighted by Gasteiger charge is 2.24. The minimum Gasteiger partial charge on any atom is -0.321 e. The van der Waals surface area contributed by atoms with Crippen LogP contribution in [0, 0.1) is 10.1 Å². The summed E-state index contributed by atoms with van der Waals surface area (Å²) >= 11 is 15.1. The standard InChI is InChI=1S/C39H27Cl2N5O5S2/c40-31-19-8-15-27(34(31)41)21-32(43-36(47)25-12-5-2-6-13-25)37(48)42-28-16-9-18-30(22-28)53-35(24-10-3-1-4-11-24)38(49)45-39-44-33(23-52-39)26-14-7-17-29(20-26)46(50)51/h1-23,35H,(H,42,48)(H,43,47)(H,44,45,49)/b32-21+. The van der Waals surface area contributed by atoms with Crippen molar-refractivity contribution in [3.05, 3.63) is 175 Å². The molecule has 1 unspecified atom stereocenters. The van der Waals surface area contributed by atoms with Crippen molar-refractivity contribution >= 4 is 86.6 Å². The largest absolute Gasteiger partial charge is 0.321 e. The van der Waals surface area contributed by atoms with Gasteiger partial charge in [0.1, 0.15) is 10.9 Å². The van der Waals surface area contributed by atoms with Gasteiger partial charge in [0.05, 0.1) is 20.7 Å². The number of non-ortho nitro benzene ring substituents is 1. The van der Waals surface area contributed by atoms with Crippen LogP contribution in [0.25, 0.3) is 17.3 Å². The minimum absolute atomic E-state index is 0.0604. The fraction of sp³-hybridized carbons (Fsp3) is 0.0256. The van der Waals surface area contributed by atoms with E-state index in [2.05, 4.69) is 20.9 Å². The first-order valence-electron chi connectivity index (χ1n) is 15.8. The van der Waals surface area contributed by atoms with Crippen LogP contribution in [-0.4, -0.2) is 27.6 Å². The zero-order valence-electron chi connectivity index (χ0n) is 27.4. The number of nitrogens with one attached hydrogen (secondary N) is 3. The first kappa shape index (κ1) is 37.0. The Bertz CT molecular complexity index is 2340. The Labute approximate surface area is 322 Å².